The van der Waals surface area contributed by atoms with Crippen molar-refractivity contribution in [1.82, 2.24) is 9.97 Å². The lowest BCUT2D eigenvalue weighted by Gasteiger charge is -2.25. The van der Waals surface area contributed by atoms with E-state index in [1.54, 1.807) is 11.8 Å². The summed E-state index contributed by atoms with van der Waals surface area (Å²) < 4.78 is 7.01. The Balaban J connectivity index is 1.66. The molecule has 0 radical (unpaired) electrons. The molecule has 0 bridgehead atoms. The van der Waals surface area contributed by atoms with Crippen LogP contribution in [0.4, 0.5) is 5.82 Å². The van der Waals surface area contributed by atoms with Crippen LogP contribution in [0.2, 0.25) is 0 Å². The molecule has 6 heteroatoms. The molecule has 2 heterocycles. The van der Waals surface area contributed by atoms with E-state index >= 15 is 0 Å². The summed E-state index contributed by atoms with van der Waals surface area (Å²) in [5.41, 5.74) is 0. The van der Waals surface area contributed by atoms with E-state index in [0.29, 0.717) is 12.6 Å². The zero-order chi connectivity index (χ0) is 15.4. The summed E-state index contributed by atoms with van der Waals surface area (Å²) in [7, 11) is 0. The summed E-state index contributed by atoms with van der Waals surface area (Å²) >= 11 is 5.01. The number of rotatable bonds is 5. The Morgan fingerprint density at radius 3 is 2.91 bits per heavy atom. The molecule has 3 rings (SSSR count). The minimum Gasteiger partial charge on any atom is -0.491 e. The Bertz CT molecular complexity index is 623. The summed E-state index contributed by atoms with van der Waals surface area (Å²) in [5.74, 6) is 1.91. The molecule has 22 heavy (non-hydrogen) atoms. The molecule has 1 aromatic carbocycles. The third-order valence-electron chi connectivity index (χ3n) is 3.73. The highest BCUT2D eigenvalue weighted by Gasteiger charge is 2.26. The number of hydrogen-bond acceptors (Lipinski definition) is 5. The normalized spacial score (nSPS) is 17.7. The van der Waals surface area contributed by atoms with Crippen molar-refractivity contribution in [2.24, 2.45) is 0 Å². The first-order valence-corrected chi connectivity index (χ1v) is 9.30. The molecule has 116 valence electrons. The molecule has 1 saturated heterocycles. The summed E-state index contributed by atoms with van der Waals surface area (Å²) in [4.78, 5) is 11.2. The first-order valence-electron chi connectivity index (χ1n) is 7.28. The van der Waals surface area contributed by atoms with Gasteiger partial charge in [-0.2, -0.15) is 0 Å². The molecular formula is C16H18BrN3OS. The van der Waals surface area contributed by atoms with E-state index in [0.717, 1.165) is 34.2 Å². The largest absolute Gasteiger partial charge is 0.491 e. The van der Waals surface area contributed by atoms with Crippen molar-refractivity contribution >= 4 is 33.5 Å². The number of benzene rings is 1. The topological polar surface area (TPSA) is 38.2 Å². The first kappa shape index (κ1) is 15.6. The number of thioether (sulfide) groups is 1. The molecule has 1 aliphatic rings. The highest BCUT2D eigenvalue weighted by atomic mass is 79.9. The molecule has 1 fully saturated rings. The molecule has 0 saturated carbocycles. The number of aromatic nitrogens is 2. The van der Waals surface area contributed by atoms with Gasteiger partial charge in [-0.1, -0.05) is 27.7 Å². The number of ether oxygens (including phenoxy) is 1. The molecular weight excluding hydrogens is 362 g/mol. The lowest BCUT2D eigenvalue weighted by Crippen LogP contribution is -2.34. The second-order valence-electron chi connectivity index (χ2n) is 5.16. The van der Waals surface area contributed by atoms with Crippen LogP contribution in [-0.2, 0) is 0 Å². The zero-order valence-electron chi connectivity index (χ0n) is 12.4. The van der Waals surface area contributed by atoms with Crippen LogP contribution in [0.3, 0.4) is 0 Å². The van der Waals surface area contributed by atoms with E-state index < -0.39 is 0 Å². The summed E-state index contributed by atoms with van der Waals surface area (Å²) in [6.07, 6.45) is 6.14. The van der Waals surface area contributed by atoms with E-state index in [1.165, 1.54) is 6.42 Å². The highest BCUT2D eigenvalue weighted by Crippen LogP contribution is 2.26. The summed E-state index contributed by atoms with van der Waals surface area (Å²) in [6, 6.07) is 10.3. The van der Waals surface area contributed by atoms with Gasteiger partial charge in [-0.05, 0) is 49.4 Å². The van der Waals surface area contributed by atoms with Crippen LogP contribution in [0.1, 0.15) is 12.8 Å². The van der Waals surface area contributed by atoms with Crippen molar-refractivity contribution in [3.8, 4) is 5.75 Å². The number of hydrogen-bond donors (Lipinski definition) is 0. The SMILES string of the molecule is CSc1nccc(N2CCC[C@H]2COc2ccc(Br)cc2)n1. The molecule has 1 atom stereocenters. The van der Waals surface area contributed by atoms with Crippen molar-refractivity contribution in [3.05, 3.63) is 41.0 Å². The molecule has 0 spiro atoms. The van der Waals surface area contributed by atoms with Crippen LogP contribution in [0.5, 0.6) is 5.75 Å². The zero-order valence-corrected chi connectivity index (χ0v) is 14.8. The van der Waals surface area contributed by atoms with Crippen molar-refractivity contribution in [2.45, 2.75) is 24.0 Å². The van der Waals surface area contributed by atoms with Gasteiger partial charge in [0.05, 0.1) is 6.04 Å². The average molecular weight is 380 g/mol. The molecule has 4 nitrogen and oxygen atoms in total. The van der Waals surface area contributed by atoms with E-state index in [9.17, 15) is 0 Å². The molecule has 0 N–H and O–H groups in total. The second-order valence-corrected chi connectivity index (χ2v) is 6.84. The van der Waals surface area contributed by atoms with Gasteiger partial charge < -0.3 is 9.64 Å². The first-order chi connectivity index (χ1) is 10.8. The van der Waals surface area contributed by atoms with Gasteiger partial charge in [0.15, 0.2) is 5.16 Å². The Morgan fingerprint density at radius 1 is 1.32 bits per heavy atom. The third-order valence-corrected chi connectivity index (χ3v) is 4.82. The fraction of sp³-hybridized carbons (Fsp3) is 0.375. The van der Waals surface area contributed by atoms with Crippen molar-refractivity contribution < 1.29 is 4.74 Å². The van der Waals surface area contributed by atoms with Crippen LogP contribution in [0, 0.1) is 0 Å². The van der Waals surface area contributed by atoms with Crippen LogP contribution in [0.15, 0.2) is 46.2 Å². The number of nitrogens with zero attached hydrogens (tertiary/aromatic N) is 3. The minimum absolute atomic E-state index is 0.369. The van der Waals surface area contributed by atoms with Gasteiger partial charge in [0.1, 0.15) is 18.2 Å². The minimum atomic E-state index is 0.369. The average Bonchev–Trinajstić information content (AvgIpc) is 3.03. The Morgan fingerprint density at radius 2 is 2.14 bits per heavy atom. The van der Waals surface area contributed by atoms with Crippen LogP contribution < -0.4 is 9.64 Å². The predicted octanol–water partition coefficient (Wildman–Crippen LogP) is 4.01. The monoisotopic (exact) mass is 379 g/mol. The Labute approximate surface area is 143 Å². The van der Waals surface area contributed by atoms with Gasteiger partial charge in [-0.25, -0.2) is 9.97 Å². The standard InChI is InChI=1S/C16H18BrN3OS/c1-22-16-18-9-8-15(19-16)20-10-2-3-13(20)11-21-14-6-4-12(17)5-7-14/h4-9,13H,2-3,10-11H2,1H3/t13-/m0/s1. The fourth-order valence-corrected chi connectivity index (χ4v) is 3.24. The van der Waals surface area contributed by atoms with Crippen LogP contribution in [0.25, 0.3) is 0 Å². The van der Waals surface area contributed by atoms with Gasteiger partial charge in [0.25, 0.3) is 0 Å². The summed E-state index contributed by atoms with van der Waals surface area (Å²) in [6.45, 7) is 1.71. The lowest BCUT2D eigenvalue weighted by molar-refractivity contribution is 0.288. The lowest BCUT2D eigenvalue weighted by atomic mass is 10.2. The highest BCUT2D eigenvalue weighted by molar-refractivity contribution is 9.10. The smallest absolute Gasteiger partial charge is 0.189 e. The molecule has 0 amide bonds. The van der Waals surface area contributed by atoms with E-state index in [1.807, 2.05) is 42.8 Å². The van der Waals surface area contributed by atoms with Crippen molar-refractivity contribution in [2.75, 3.05) is 24.3 Å². The van der Waals surface area contributed by atoms with Crippen molar-refractivity contribution in [3.63, 3.8) is 0 Å². The van der Waals surface area contributed by atoms with E-state index in [2.05, 4.69) is 30.8 Å². The van der Waals surface area contributed by atoms with Gasteiger partial charge in [0.2, 0.25) is 0 Å². The van der Waals surface area contributed by atoms with Gasteiger partial charge in [-0.15, -0.1) is 0 Å². The maximum Gasteiger partial charge on any atom is 0.189 e. The Hall–Kier alpha value is -1.27. The maximum atomic E-state index is 5.94. The Kier molecular flexibility index (Phi) is 5.20. The van der Waals surface area contributed by atoms with Gasteiger partial charge in [-0.3, -0.25) is 0 Å². The quantitative estimate of drug-likeness (QED) is 0.579. The van der Waals surface area contributed by atoms with Gasteiger partial charge >= 0.3 is 0 Å². The molecule has 0 unspecified atom stereocenters. The second kappa shape index (κ2) is 7.33. The molecule has 2 aromatic rings. The predicted molar refractivity (Wildman–Crippen MR) is 93.8 cm³/mol. The summed E-state index contributed by atoms with van der Waals surface area (Å²) in [5, 5.41) is 0.817. The van der Waals surface area contributed by atoms with Gasteiger partial charge in [0, 0.05) is 17.2 Å². The molecule has 1 aliphatic heterocycles. The maximum absolute atomic E-state index is 5.94. The molecule has 1 aromatic heterocycles. The van der Waals surface area contributed by atoms with E-state index in [4.69, 9.17) is 4.74 Å². The van der Waals surface area contributed by atoms with Crippen molar-refractivity contribution in [1.29, 1.82) is 0 Å². The number of halogens is 1. The van der Waals surface area contributed by atoms with Crippen LogP contribution in [-0.4, -0.2) is 35.4 Å². The third kappa shape index (κ3) is 3.73. The fourth-order valence-electron chi connectivity index (χ4n) is 2.62. The van der Waals surface area contributed by atoms with E-state index in [-0.39, 0.29) is 0 Å². The molecule has 0 aliphatic carbocycles. The van der Waals surface area contributed by atoms with Crippen LogP contribution >= 0.6 is 27.7 Å². The number of anilines is 1.